The summed E-state index contributed by atoms with van der Waals surface area (Å²) >= 11 is 0. The summed E-state index contributed by atoms with van der Waals surface area (Å²) in [5.74, 6) is 2.38. The lowest BCUT2D eigenvalue weighted by Gasteiger charge is -2.37. The molecule has 0 spiro atoms. The zero-order valence-corrected chi connectivity index (χ0v) is 13.5. The molecule has 2 aliphatic carbocycles. The molecular weight excluding hydrogens is 270 g/mol. The fourth-order valence-corrected chi connectivity index (χ4v) is 4.42. The van der Waals surface area contributed by atoms with Crippen molar-refractivity contribution >= 4 is 5.78 Å². The van der Waals surface area contributed by atoms with Crippen molar-refractivity contribution in [1.29, 1.82) is 0 Å². The van der Waals surface area contributed by atoms with Gasteiger partial charge >= 0.3 is 0 Å². The molecule has 1 saturated carbocycles. The molecule has 1 aromatic rings. The Morgan fingerprint density at radius 2 is 1.77 bits per heavy atom. The van der Waals surface area contributed by atoms with Crippen molar-refractivity contribution in [3.8, 4) is 0 Å². The molecule has 4 rings (SSSR count). The number of carbonyl (C=O) groups is 1. The Bertz CT molecular complexity index is 540. The lowest BCUT2D eigenvalue weighted by Crippen LogP contribution is -2.39. The third-order valence-electron chi connectivity index (χ3n) is 6.10. The highest BCUT2D eigenvalue weighted by Crippen LogP contribution is 2.36. The smallest absolute Gasteiger partial charge is 0.166 e. The Hall–Kier alpha value is -1.15. The van der Waals surface area contributed by atoms with E-state index in [0.29, 0.717) is 17.6 Å². The summed E-state index contributed by atoms with van der Waals surface area (Å²) < 4.78 is 0. The van der Waals surface area contributed by atoms with Gasteiger partial charge in [0.15, 0.2) is 5.78 Å². The van der Waals surface area contributed by atoms with Crippen LogP contribution in [0.25, 0.3) is 0 Å². The van der Waals surface area contributed by atoms with Gasteiger partial charge in [0, 0.05) is 11.5 Å². The van der Waals surface area contributed by atoms with Crippen LogP contribution in [0.2, 0.25) is 0 Å². The number of piperidine rings is 1. The molecule has 22 heavy (non-hydrogen) atoms. The molecule has 0 radical (unpaired) electrons. The SMILES string of the molecule is O=C1c2ccccc2CCC1C1CCN(CCC2CC2)CC1. The molecule has 1 atom stereocenters. The molecule has 0 bridgehead atoms. The van der Waals surface area contributed by atoms with Crippen molar-refractivity contribution in [3.05, 3.63) is 35.4 Å². The lowest BCUT2D eigenvalue weighted by atomic mass is 9.73. The first-order valence-corrected chi connectivity index (χ1v) is 9.16. The number of likely N-dealkylation sites (tertiary alicyclic amines) is 1. The van der Waals surface area contributed by atoms with E-state index in [2.05, 4.69) is 17.0 Å². The van der Waals surface area contributed by atoms with Gasteiger partial charge in [-0.2, -0.15) is 0 Å². The first-order valence-electron chi connectivity index (χ1n) is 9.16. The second-order valence-corrected chi connectivity index (χ2v) is 7.58. The maximum atomic E-state index is 12.8. The highest BCUT2D eigenvalue weighted by atomic mass is 16.1. The zero-order chi connectivity index (χ0) is 14.9. The fourth-order valence-electron chi connectivity index (χ4n) is 4.42. The van der Waals surface area contributed by atoms with Gasteiger partial charge in [0.05, 0.1) is 0 Å². The van der Waals surface area contributed by atoms with Crippen LogP contribution in [0.3, 0.4) is 0 Å². The molecule has 2 heteroatoms. The van der Waals surface area contributed by atoms with E-state index in [0.717, 1.165) is 24.3 Å². The van der Waals surface area contributed by atoms with Crippen molar-refractivity contribution in [3.63, 3.8) is 0 Å². The van der Waals surface area contributed by atoms with E-state index in [1.807, 2.05) is 12.1 Å². The molecule has 1 aliphatic heterocycles. The Balaban J connectivity index is 1.34. The van der Waals surface area contributed by atoms with Gasteiger partial charge in [0.25, 0.3) is 0 Å². The maximum Gasteiger partial charge on any atom is 0.166 e. The van der Waals surface area contributed by atoms with Gasteiger partial charge in [0.1, 0.15) is 0 Å². The highest BCUT2D eigenvalue weighted by molar-refractivity contribution is 6.00. The number of fused-ring (bicyclic) bond motifs is 1. The van der Waals surface area contributed by atoms with Gasteiger partial charge in [-0.25, -0.2) is 0 Å². The lowest BCUT2D eigenvalue weighted by molar-refractivity contribution is 0.0766. The number of ketones is 1. The average Bonchev–Trinajstić information content (AvgIpc) is 3.39. The molecule has 0 N–H and O–H groups in total. The summed E-state index contributed by atoms with van der Waals surface area (Å²) in [6.45, 7) is 3.71. The Morgan fingerprint density at radius 3 is 2.55 bits per heavy atom. The van der Waals surface area contributed by atoms with E-state index >= 15 is 0 Å². The van der Waals surface area contributed by atoms with E-state index in [9.17, 15) is 4.79 Å². The summed E-state index contributed by atoms with van der Waals surface area (Å²) in [4.78, 5) is 15.4. The number of rotatable bonds is 4. The van der Waals surface area contributed by atoms with Gasteiger partial charge in [-0.3, -0.25) is 4.79 Å². The number of Topliss-reactive ketones (excluding diaryl/α,β-unsaturated/α-hetero) is 1. The summed E-state index contributed by atoms with van der Waals surface area (Å²) in [5.41, 5.74) is 2.28. The van der Waals surface area contributed by atoms with Gasteiger partial charge in [0.2, 0.25) is 0 Å². The first kappa shape index (κ1) is 14.4. The summed E-state index contributed by atoms with van der Waals surface area (Å²) in [5, 5.41) is 0. The van der Waals surface area contributed by atoms with Crippen LogP contribution in [0, 0.1) is 17.8 Å². The molecule has 1 unspecified atom stereocenters. The molecule has 0 aromatic heterocycles. The Kier molecular flexibility index (Phi) is 4.04. The van der Waals surface area contributed by atoms with Crippen molar-refractivity contribution in [1.82, 2.24) is 4.90 Å². The second kappa shape index (κ2) is 6.16. The molecular formula is C20H27NO. The fraction of sp³-hybridized carbons (Fsp3) is 0.650. The zero-order valence-electron chi connectivity index (χ0n) is 13.5. The predicted molar refractivity (Wildman–Crippen MR) is 89.1 cm³/mol. The number of aryl methyl sites for hydroxylation is 1. The van der Waals surface area contributed by atoms with Crippen molar-refractivity contribution in [2.24, 2.45) is 17.8 Å². The van der Waals surface area contributed by atoms with Crippen molar-refractivity contribution in [2.45, 2.75) is 44.9 Å². The second-order valence-electron chi connectivity index (χ2n) is 7.58. The average molecular weight is 297 g/mol. The minimum absolute atomic E-state index is 0.292. The van der Waals surface area contributed by atoms with E-state index in [-0.39, 0.29) is 0 Å². The maximum absolute atomic E-state index is 12.8. The normalized spacial score (nSPS) is 26.9. The molecule has 2 nitrogen and oxygen atoms in total. The van der Waals surface area contributed by atoms with E-state index in [1.165, 1.54) is 57.3 Å². The standard InChI is InChI=1S/C20H27NO/c22-20-18-4-2-1-3-16(18)7-8-19(20)17-10-13-21(14-11-17)12-9-15-5-6-15/h1-4,15,17,19H,5-14H2. The quantitative estimate of drug-likeness (QED) is 0.839. The van der Waals surface area contributed by atoms with Crippen LogP contribution in [-0.2, 0) is 6.42 Å². The van der Waals surface area contributed by atoms with E-state index in [4.69, 9.17) is 0 Å². The number of hydrogen-bond acceptors (Lipinski definition) is 2. The van der Waals surface area contributed by atoms with Crippen molar-refractivity contribution < 1.29 is 4.79 Å². The Labute approximate surface area is 133 Å². The molecule has 3 aliphatic rings. The molecule has 0 amide bonds. The van der Waals surface area contributed by atoms with Crippen LogP contribution >= 0.6 is 0 Å². The van der Waals surface area contributed by atoms with Crippen LogP contribution in [-0.4, -0.2) is 30.3 Å². The number of nitrogens with zero attached hydrogens (tertiary/aromatic N) is 1. The molecule has 2 fully saturated rings. The molecule has 1 aromatic carbocycles. The summed E-state index contributed by atoms with van der Waals surface area (Å²) in [6, 6.07) is 8.24. The van der Waals surface area contributed by atoms with Crippen molar-refractivity contribution in [2.75, 3.05) is 19.6 Å². The number of benzene rings is 1. The number of carbonyl (C=O) groups excluding carboxylic acids is 1. The van der Waals surface area contributed by atoms with Crippen LogP contribution in [0.5, 0.6) is 0 Å². The third-order valence-corrected chi connectivity index (χ3v) is 6.10. The van der Waals surface area contributed by atoms with Crippen LogP contribution in [0.1, 0.15) is 54.4 Å². The van der Waals surface area contributed by atoms with Crippen LogP contribution in [0.4, 0.5) is 0 Å². The van der Waals surface area contributed by atoms with E-state index < -0.39 is 0 Å². The third kappa shape index (κ3) is 2.99. The largest absolute Gasteiger partial charge is 0.303 e. The van der Waals surface area contributed by atoms with Gasteiger partial charge < -0.3 is 4.90 Å². The van der Waals surface area contributed by atoms with Crippen LogP contribution < -0.4 is 0 Å². The topological polar surface area (TPSA) is 20.3 Å². The first-order chi connectivity index (χ1) is 10.8. The summed E-state index contributed by atoms with van der Waals surface area (Å²) in [7, 11) is 0. The van der Waals surface area contributed by atoms with E-state index in [1.54, 1.807) is 0 Å². The minimum atomic E-state index is 0.292. The molecule has 1 saturated heterocycles. The van der Waals surface area contributed by atoms with Gasteiger partial charge in [-0.05, 0) is 69.1 Å². The van der Waals surface area contributed by atoms with Crippen LogP contribution in [0.15, 0.2) is 24.3 Å². The minimum Gasteiger partial charge on any atom is -0.303 e. The predicted octanol–water partition coefficient (Wildman–Crippen LogP) is 3.94. The summed E-state index contributed by atoms with van der Waals surface area (Å²) in [6.07, 6.45) is 8.95. The number of hydrogen-bond donors (Lipinski definition) is 0. The molecule has 1 heterocycles. The monoisotopic (exact) mass is 297 g/mol. The molecule has 118 valence electrons. The van der Waals surface area contributed by atoms with Gasteiger partial charge in [-0.1, -0.05) is 37.1 Å². The highest BCUT2D eigenvalue weighted by Gasteiger charge is 2.35. The Morgan fingerprint density at radius 1 is 1.00 bits per heavy atom. The van der Waals surface area contributed by atoms with Gasteiger partial charge in [-0.15, -0.1) is 0 Å².